The minimum absolute atomic E-state index is 0.213. The molecule has 0 saturated carbocycles. The maximum atomic E-state index is 5.72. The first-order chi connectivity index (χ1) is 8.72. The lowest BCUT2D eigenvalue weighted by Crippen LogP contribution is -2.03. The van der Waals surface area contributed by atoms with Gasteiger partial charge in [0.1, 0.15) is 11.6 Å². The van der Waals surface area contributed by atoms with Gasteiger partial charge in [0.25, 0.3) is 5.89 Å². The molecule has 0 amide bonds. The van der Waals surface area contributed by atoms with E-state index in [-0.39, 0.29) is 12.0 Å². The molecule has 0 aliphatic heterocycles. The van der Waals surface area contributed by atoms with E-state index in [1.807, 2.05) is 31.2 Å². The third-order valence-corrected chi connectivity index (χ3v) is 2.82. The number of benzene rings is 1. The van der Waals surface area contributed by atoms with Crippen molar-refractivity contribution in [2.24, 2.45) is 0 Å². The first-order valence-electron chi connectivity index (χ1n) is 5.86. The van der Waals surface area contributed by atoms with Crippen LogP contribution in [0.3, 0.4) is 0 Å². The molecule has 4 nitrogen and oxygen atoms in total. The number of halogens is 1. The Bertz CT molecular complexity index is 496. The van der Waals surface area contributed by atoms with Crippen LogP contribution in [0.15, 0.2) is 28.7 Å². The highest BCUT2D eigenvalue weighted by Gasteiger charge is 2.15. The van der Waals surface area contributed by atoms with Gasteiger partial charge >= 0.3 is 0 Å². The Morgan fingerprint density at radius 1 is 1.28 bits per heavy atom. The van der Waals surface area contributed by atoms with Crippen molar-refractivity contribution in [2.45, 2.75) is 32.3 Å². The molecule has 1 heterocycles. The van der Waals surface area contributed by atoms with Crippen molar-refractivity contribution in [2.75, 3.05) is 0 Å². The van der Waals surface area contributed by atoms with Crippen molar-refractivity contribution in [3.63, 3.8) is 0 Å². The maximum Gasteiger partial charge on any atom is 0.256 e. The van der Waals surface area contributed by atoms with Crippen LogP contribution in [-0.4, -0.2) is 10.2 Å². The van der Waals surface area contributed by atoms with Gasteiger partial charge in [-0.3, -0.25) is 0 Å². The highest BCUT2D eigenvalue weighted by Crippen LogP contribution is 2.21. The van der Waals surface area contributed by atoms with Gasteiger partial charge < -0.3 is 9.15 Å². The Kier molecular flexibility index (Phi) is 4.20. The predicted octanol–water partition coefficient (Wildman–Crippen LogP) is 3.51. The third kappa shape index (κ3) is 3.01. The number of alkyl halides is 1. The van der Waals surface area contributed by atoms with Crippen LogP contribution < -0.4 is 4.74 Å². The van der Waals surface area contributed by atoms with E-state index in [9.17, 15) is 0 Å². The van der Waals surface area contributed by atoms with Gasteiger partial charge in [-0.1, -0.05) is 19.1 Å². The summed E-state index contributed by atoms with van der Waals surface area (Å²) < 4.78 is 11.1. The molecule has 0 bridgehead atoms. The molecule has 1 atom stereocenters. The topological polar surface area (TPSA) is 48.2 Å². The number of aromatic nitrogens is 2. The van der Waals surface area contributed by atoms with Gasteiger partial charge in [0.2, 0.25) is 5.89 Å². The second-order valence-electron chi connectivity index (χ2n) is 3.93. The fourth-order valence-electron chi connectivity index (χ4n) is 1.54. The van der Waals surface area contributed by atoms with Crippen molar-refractivity contribution in [3.8, 4) is 5.75 Å². The van der Waals surface area contributed by atoms with Crippen molar-refractivity contribution < 1.29 is 9.15 Å². The predicted molar refractivity (Wildman–Crippen MR) is 68.7 cm³/mol. The second kappa shape index (κ2) is 5.87. The molecule has 1 aromatic carbocycles. The Morgan fingerprint density at radius 3 is 2.56 bits per heavy atom. The van der Waals surface area contributed by atoms with Crippen molar-refractivity contribution in [3.05, 3.63) is 41.6 Å². The summed E-state index contributed by atoms with van der Waals surface area (Å²) in [7, 11) is 0. The standard InChI is InChI=1S/C13H15ClN2O2/c1-3-10-4-6-11(7-5-10)17-9(2)13-16-15-12(8-14)18-13/h4-7,9H,3,8H2,1-2H3. The lowest BCUT2D eigenvalue weighted by atomic mass is 10.2. The summed E-state index contributed by atoms with van der Waals surface area (Å²) in [5.41, 5.74) is 1.28. The fraction of sp³-hybridized carbons (Fsp3) is 0.385. The van der Waals surface area contributed by atoms with E-state index in [2.05, 4.69) is 17.1 Å². The Labute approximate surface area is 111 Å². The zero-order chi connectivity index (χ0) is 13.0. The molecular formula is C13H15ClN2O2. The molecular weight excluding hydrogens is 252 g/mol. The number of hydrogen-bond donors (Lipinski definition) is 0. The quantitative estimate of drug-likeness (QED) is 0.777. The van der Waals surface area contributed by atoms with Gasteiger partial charge in [0.15, 0.2) is 6.10 Å². The van der Waals surface area contributed by atoms with Crippen LogP contribution in [0.1, 0.15) is 37.3 Å². The van der Waals surface area contributed by atoms with Crippen LogP contribution in [0.25, 0.3) is 0 Å². The van der Waals surface area contributed by atoms with Crippen LogP contribution in [0, 0.1) is 0 Å². The molecule has 1 aromatic heterocycles. The fourth-order valence-corrected chi connectivity index (χ4v) is 1.65. The molecule has 0 saturated heterocycles. The van der Waals surface area contributed by atoms with E-state index in [0.717, 1.165) is 12.2 Å². The van der Waals surface area contributed by atoms with E-state index < -0.39 is 0 Å². The lowest BCUT2D eigenvalue weighted by Gasteiger charge is -2.11. The average Bonchev–Trinajstić information content (AvgIpc) is 2.88. The van der Waals surface area contributed by atoms with Gasteiger partial charge in [-0.2, -0.15) is 0 Å². The zero-order valence-electron chi connectivity index (χ0n) is 10.4. The molecule has 0 aliphatic carbocycles. The smallest absolute Gasteiger partial charge is 0.256 e. The zero-order valence-corrected chi connectivity index (χ0v) is 11.1. The molecule has 2 aromatic rings. The molecule has 0 spiro atoms. The molecule has 1 unspecified atom stereocenters. The highest BCUT2D eigenvalue weighted by atomic mass is 35.5. The Balaban J connectivity index is 2.03. The van der Waals surface area contributed by atoms with Crippen LogP contribution in [0.2, 0.25) is 0 Å². The number of aryl methyl sites for hydroxylation is 1. The van der Waals surface area contributed by atoms with E-state index in [1.165, 1.54) is 5.56 Å². The van der Waals surface area contributed by atoms with Gasteiger partial charge in [-0.25, -0.2) is 0 Å². The molecule has 2 rings (SSSR count). The molecule has 0 radical (unpaired) electrons. The monoisotopic (exact) mass is 266 g/mol. The Morgan fingerprint density at radius 2 is 2.00 bits per heavy atom. The van der Waals surface area contributed by atoms with Gasteiger partial charge in [0, 0.05) is 0 Å². The van der Waals surface area contributed by atoms with Gasteiger partial charge in [-0.15, -0.1) is 21.8 Å². The summed E-state index contributed by atoms with van der Waals surface area (Å²) in [5.74, 6) is 1.84. The van der Waals surface area contributed by atoms with E-state index >= 15 is 0 Å². The summed E-state index contributed by atoms with van der Waals surface area (Å²) in [6.07, 6.45) is 0.723. The number of nitrogens with zero attached hydrogens (tertiary/aromatic N) is 2. The Hall–Kier alpha value is -1.55. The largest absolute Gasteiger partial charge is 0.481 e. The van der Waals surface area contributed by atoms with Gasteiger partial charge in [-0.05, 0) is 31.0 Å². The van der Waals surface area contributed by atoms with Gasteiger partial charge in [0.05, 0.1) is 0 Å². The maximum absolute atomic E-state index is 5.72. The minimum Gasteiger partial charge on any atom is -0.481 e. The molecule has 0 fully saturated rings. The van der Waals surface area contributed by atoms with Crippen LogP contribution in [0.4, 0.5) is 0 Å². The molecule has 0 aliphatic rings. The van der Waals surface area contributed by atoms with E-state index in [0.29, 0.717) is 11.8 Å². The van der Waals surface area contributed by atoms with Crippen LogP contribution >= 0.6 is 11.6 Å². The van der Waals surface area contributed by atoms with E-state index in [1.54, 1.807) is 0 Å². The van der Waals surface area contributed by atoms with Crippen molar-refractivity contribution in [1.82, 2.24) is 10.2 Å². The number of hydrogen-bond acceptors (Lipinski definition) is 4. The summed E-state index contributed by atoms with van der Waals surface area (Å²) in [5, 5.41) is 7.69. The second-order valence-corrected chi connectivity index (χ2v) is 4.19. The average molecular weight is 267 g/mol. The molecule has 96 valence electrons. The van der Waals surface area contributed by atoms with Crippen molar-refractivity contribution >= 4 is 11.6 Å². The number of ether oxygens (including phenoxy) is 1. The molecule has 0 N–H and O–H groups in total. The van der Waals surface area contributed by atoms with Crippen molar-refractivity contribution in [1.29, 1.82) is 0 Å². The van der Waals surface area contributed by atoms with Crippen LogP contribution in [0.5, 0.6) is 5.75 Å². The van der Waals surface area contributed by atoms with E-state index in [4.69, 9.17) is 20.8 Å². The summed E-state index contributed by atoms with van der Waals surface area (Å²) in [6.45, 7) is 3.98. The number of rotatable bonds is 5. The minimum atomic E-state index is -0.290. The third-order valence-electron chi connectivity index (χ3n) is 2.59. The SMILES string of the molecule is CCc1ccc(OC(C)c2nnc(CCl)o2)cc1. The summed E-state index contributed by atoms with van der Waals surface area (Å²) in [6, 6.07) is 7.96. The van der Waals surface area contributed by atoms with Crippen LogP contribution in [-0.2, 0) is 12.3 Å². The lowest BCUT2D eigenvalue weighted by molar-refractivity contribution is 0.186. The molecule has 18 heavy (non-hydrogen) atoms. The first-order valence-corrected chi connectivity index (χ1v) is 6.40. The summed E-state index contributed by atoms with van der Waals surface area (Å²) >= 11 is 5.60. The normalized spacial score (nSPS) is 12.4. The summed E-state index contributed by atoms with van der Waals surface area (Å²) in [4.78, 5) is 0. The highest BCUT2D eigenvalue weighted by molar-refractivity contribution is 6.16. The first kappa shape index (κ1) is 12.9. The molecule has 5 heteroatoms.